The number of aliphatic carboxylic acids is 4. The minimum absolute atomic E-state index is 0. The summed E-state index contributed by atoms with van der Waals surface area (Å²) in [5.74, 6) is -5.74. The Bertz CT molecular complexity index is 310. The fourth-order valence-electron chi connectivity index (χ4n) is 0. The van der Waals surface area contributed by atoms with E-state index in [1.165, 1.54) is 0 Å². The summed E-state index contributed by atoms with van der Waals surface area (Å²) < 4.78 is 0. The molecule has 0 fully saturated rings. The van der Waals surface area contributed by atoms with Crippen molar-refractivity contribution in [2.24, 2.45) is 0 Å². The van der Waals surface area contributed by atoms with Crippen LogP contribution in [-0.2, 0) is 19.2 Å². The first kappa shape index (κ1) is 40.8. The first-order chi connectivity index (χ1) is 10.6. The molecule has 0 aromatic heterocycles. The van der Waals surface area contributed by atoms with E-state index in [2.05, 4.69) is 0 Å². The Kier molecular flexibility index (Phi) is 39.6. The molecular weight excluding hydrogens is 416 g/mol. The van der Waals surface area contributed by atoms with Crippen molar-refractivity contribution in [1.29, 1.82) is 0 Å². The van der Waals surface area contributed by atoms with Crippen LogP contribution in [-0.4, -0.2) is 144 Å². The van der Waals surface area contributed by atoms with E-state index in [1.807, 2.05) is 0 Å². The van der Waals surface area contributed by atoms with Crippen molar-refractivity contribution in [1.82, 2.24) is 0 Å². The Morgan fingerprint density at radius 1 is 0.500 bits per heavy atom. The Hall–Kier alpha value is 0.239. The molecule has 0 aliphatic rings. The van der Waals surface area contributed by atoms with Gasteiger partial charge in [0, 0.05) is 0 Å². The second-order valence-electron chi connectivity index (χ2n) is 3.98. The van der Waals surface area contributed by atoms with E-state index in [0.29, 0.717) is 0 Å². The van der Waals surface area contributed by atoms with E-state index in [1.54, 1.807) is 0 Å². The number of hydrogen-bond acceptors (Lipinski definition) is 12. The van der Waals surface area contributed by atoms with Gasteiger partial charge in [-0.15, -0.1) is 0 Å². The molecule has 14 heteroatoms. The average Bonchev–Trinajstić information content (AvgIpc) is 2.40. The molecule has 0 bridgehead atoms. The van der Waals surface area contributed by atoms with Gasteiger partial charge in [-0.3, -0.25) is 0 Å². The molecule has 0 aromatic rings. The van der Waals surface area contributed by atoms with Crippen molar-refractivity contribution < 1.29 is 60.0 Å². The van der Waals surface area contributed by atoms with E-state index in [4.69, 9.17) is 20.4 Å². The van der Waals surface area contributed by atoms with Crippen molar-refractivity contribution in [3.63, 3.8) is 0 Å². The van der Waals surface area contributed by atoms with E-state index < -0.39 is 48.3 Å². The van der Waals surface area contributed by atoms with E-state index in [-0.39, 0.29) is 75.5 Å². The zero-order valence-electron chi connectivity index (χ0n) is 14.8. The molecule has 0 heterocycles. The zero-order valence-corrected chi connectivity index (χ0v) is 19.2. The molecule has 0 aliphatic carbocycles. The molecule has 144 valence electrons. The number of aliphatic hydroxyl groups excluding tert-OH is 4. The van der Waals surface area contributed by atoms with Crippen LogP contribution in [0.1, 0.15) is 27.7 Å². The van der Waals surface area contributed by atoms with E-state index >= 15 is 0 Å². The van der Waals surface area contributed by atoms with Gasteiger partial charge < -0.3 is 60.0 Å². The molecule has 4 atom stereocenters. The quantitative estimate of drug-likeness (QED) is 0.300. The standard InChI is InChI=1S/4C3H6O3.2Ca/c4*1-2(4)3(5)6;;/h4*2,4H,1H3,(H,5,6);;/q;;;;2*+2/p-4/t4*2-;;/m0000../s1. The number of carbonyl (C=O) groups excluding carboxylic acids is 4. The summed E-state index contributed by atoms with van der Waals surface area (Å²) in [6.07, 6.45) is -5.37. The van der Waals surface area contributed by atoms with Gasteiger partial charge in [-0.25, -0.2) is 0 Å². The van der Waals surface area contributed by atoms with Gasteiger partial charge in [0.1, 0.15) is 0 Å². The van der Waals surface area contributed by atoms with E-state index in [0.717, 1.165) is 27.7 Å². The molecular formula is C12H20Ca2O12. The Labute approximate surface area is 209 Å². The van der Waals surface area contributed by atoms with Gasteiger partial charge in [-0.2, -0.15) is 0 Å². The molecule has 4 N–H and O–H groups in total. The second kappa shape index (κ2) is 25.2. The van der Waals surface area contributed by atoms with Gasteiger partial charge in [0.15, 0.2) is 0 Å². The average molecular weight is 436 g/mol. The summed E-state index contributed by atoms with van der Waals surface area (Å²) in [5, 5.41) is 69.2. The van der Waals surface area contributed by atoms with Crippen LogP contribution < -0.4 is 20.4 Å². The summed E-state index contributed by atoms with van der Waals surface area (Å²) in [5.41, 5.74) is 0. The van der Waals surface area contributed by atoms with Crippen LogP contribution in [0.25, 0.3) is 0 Å². The number of hydrogen-bond donors (Lipinski definition) is 4. The largest absolute Gasteiger partial charge is 2.00 e. The summed E-state index contributed by atoms with van der Waals surface area (Å²) in [6.45, 7) is 4.54. The minimum atomic E-state index is -1.44. The minimum Gasteiger partial charge on any atom is -0.547 e. The van der Waals surface area contributed by atoms with Gasteiger partial charge in [0.2, 0.25) is 0 Å². The predicted molar refractivity (Wildman–Crippen MR) is 78.3 cm³/mol. The molecule has 12 nitrogen and oxygen atoms in total. The van der Waals surface area contributed by atoms with Crippen molar-refractivity contribution in [3.05, 3.63) is 0 Å². The SMILES string of the molecule is C[C@H](O)C(=O)[O-].C[C@H](O)C(=O)[O-].C[C@H](O)C(=O)[O-].C[C@H](O)C(=O)[O-].[Ca+2].[Ca+2]. The molecule has 26 heavy (non-hydrogen) atoms. The molecule has 0 amide bonds. The van der Waals surface area contributed by atoms with Crippen LogP contribution in [0.3, 0.4) is 0 Å². The first-order valence-corrected chi connectivity index (χ1v) is 6.13. The molecule has 0 saturated carbocycles. The first-order valence-electron chi connectivity index (χ1n) is 6.13. The Morgan fingerprint density at radius 2 is 0.538 bits per heavy atom. The van der Waals surface area contributed by atoms with Gasteiger partial charge in [-0.1, -0.05) is 0 Å². The Balaban J connectivity index is -0.0000000500. The van der Waals surface area contributed by atoms with Gasteiger partial charge in [-0.05, 0) is 27.7 Å². The van der Waals surface area contributed by atoms with Gasteiger partial charge >= 0.3 is 75.5 Å². The molecule has 0 aliphatic heterocycles. The maximum atomic E-state index is 9.34. The summed E-state index contributed by atoms with van der Waals surface area (Å²) in [6, 6.07) is 0. The number of rotatable bonds is 4. The number of carboxylic acid groups (broad SMARTS) is 4. The topological polar surface area (TPSA) is 241 Å². The van der Waals surface area contributed by atoms with Crippen molar-refractivity contribution in [3.8, 4) is 0 Å². The maximum absolute atomic E-state index is 9.34. The van der Waals surface area contributed by atoms with Crippen molar-refractivity contribution in [2.45, 2.75) is 52.1 Å². The number of carbonyl (C=O) groups is 4. The fourth-order valence-corrected chi connectivity index (χ4v) is 0. The fraction of sp³-hybridized carbons (Fsp3) is 0.667. The van der Waals surface area contributed by atoms with Crippen molar-refractivity contribution >= 4 is 99.4 Å². The van der Waals surface area contributed by atoms with Crippen LogP contribution in [0.2, 0.25) is 0 Å². The zero-order chi connectivity index (χ0) is 20.6. The molecule has 0 spiro atoms. The number of carboxylic acids is 4. The van der Waals surface area contributed by atoms with Crippen LogP contribution in [0.15, 0.2) is 0 Å². The molecule has 0 saturated heterocycles. The normalized spacial score (nSPS) is 12.6. The number of aliphatic hydroxyl groups is 4. The third kappa shape index (κ3) is 49.6. The predicted octanol–water partition coefficient (Wildman–Crippen LogP) is -8.29. The summed E-state index contributed by atoms with van der Waals surface area (Å²) >= 11 is 0. The molecule has 0 unspecified atom stereocenters. The monoisotopic (exact) mass is 436 g/mol. The van der Waals surface area contributed by atoms with Gasteiger partial charge in [0.25, 0.3) is 0 Å². The van der Waals surface area contributed by atoms with Crippen LogP contribution in [0.4, 0.5) is 0 Å². The Morgan fingerprint density at radius 3 is 0.538 bits per heavy atom. The summed E-state index contributed by atoms with van der Waals surface area (Å²) in [7, 11) is 0. The molecule has 0 aromatic carbocycles. The molecule has 0 radical (unpaired) electrons. The van der Waals surface area contributed by atoms with Crippen molar-refractivity contribution in [2.75, 3.05) is 0 Å². The van der Waals surface area contributed by atoms with Crippen LogP contribution in [0.5, 0.6) is 0 Å². The van der Waals surface area contributed by atoms with E-state index in [9.17, 15) is 39.6 Å². The van der Waals surface area contributed by atoms with Crippen LogP contribution in [0, 0.1) is 0 Å². The summed E-state index contributed by atoms with van der Waals surface area (Å²) in [4.78, 5) is 37.4. The smallest absolute Gasteiger partial charge is 0.547 e. The maximum Gasteiger partial charge on any atom is 2.00 e. The second-order valence-corrected chi connectivity index (χ2v) is 3.98. The third-order valence-electron chi connectivity index (χ3n) is 1.36. The van der Waals surface area contributed by atoms with Gasteiger partial charge in [0.05, 0.1) is 48.3 Å². The molecule has 0 rings (SSSR count). The van der Waals surface area contributed by atoms with Crippen LogP contribution >= 0.6 is 0 Å². The third-order valence-corrected chi connectivity index (χ3v) is 1.36.